The molecule has 0 aliphatic heterocycles. The van der Waals surface area contributed by atoms with E-state index in [1.807, 2.05) is 5.38 Å². The lowest BCUT2D eigenvalue weighted by Gasteiger charge is -2.70. The number of aromatic nitrogens is 1. The monoisotopic (exact) mass is 451 g/mol. The molecule has 0 radical (unpaired) electrons. The molecule has 2 aromatic rings. The van der Waals surface area contributed by atoms with Crippen LogP contribution in [0.25, 0.3) is 0 Å². The van der Waals surface area contributed by atoms with Gasteiger partial charge < -0.3 is 15.4 Å². The number of nitrogens with zero attached hydrogens (tertiary/aromatic N) is 1. The van der Waals surface area contributed by atoms with E-state index in [0.717, 1.165) is 25.0 Å². The number of thiazole rings is 1. The average molecular weight is 452 g/mol. The summed E-state index contributed by atoms with van der Waals surface area (Å²) in [5, 5.41) is 9.49. The fourth-order valence-corrected chi connectivity index (χ4v) is 5.43. The van der Waals surface area contributed by atoms with Crippen molar-refractivity contribution < 1.29 is 14.3 Å². The Bertz CT molecular complexity index is 985. The second-order valence-electron chi connectivity index (χ2n) is 8.31. The molecule has 1 aromatic heterocycles. The quantitative estimate of drug-likeness (QED) is 0.667. The molecule has 0 atom stereocenters. The summed E-state index contributed by atoms with van der Waals surface area (Å²) in [5.74, 6) is 0.742. The van der Waals surface area contributed by atoms with Crippen LogP contribution in [0.3, 0.4) is 0 Å². The van der Waals surface area contributed by atoms with Crippen molar-refractivity contribution in [1.29, 1.82) is 0 Å². The molecule has 1 heterocycles. The van der Waals surface area contributed by atoms with Crippen LogP contribution in [-0.2, 0) is 4.79 Å². The van der Waals surface area contributed by atoms with Gasteiger partial charge in [-0.3, -0.25) is 9.59 Å². The minimum absolute atomic E-state index is 0.0951. The Hall–Kier alpha value is -1.83. The molecule has 2 N–H and O–H groups in total. The van der Waals surface area contributed by atoms with Crippen LogP contribution >= 0.6 is 34.5 Å². The van der Waals surface area contributed by atoms with Gasteiger partial charge in [-0.15, -0.1) is 11.3 Å². The zero-order chi connectivity index (χ0) is 20.2. The number of carbonyl (C=O) groups excluding carboxylic acids is 2. The maximum Gasteiger partial charge on any atom is 0.280 e. The summed E-state index contributed by atoms with van der Waals surface area (Å²) in [6.07, 6.45) is 4.57. The summed E-state index contributed by atoms with van der Waals surface area (Å²) in [5.41, 5.74) is 0.608. The number of carbonyl (C=O) groups is 2. The van der Waals surface area contributed by atoms with Crippen molar-refractivity contribution in [3.8, 4) is 5.75 Å². The fraction of sp³-hybridized carbons (Fsp3) is 0.450. The Labute approximate surface area is 181 Å². The second-order valence-corrected chi connectivity index (χ2v) is 9.98. The van der Waals surface area contributed by atoms with E-state index in [1.165, 1.54) is 24.2 Å². The van der Waals surface area contributed by atoms with Crippen LogP contribution < -0.4 is 15.4 Å². The molecule has 4 aliphatic carbocycles. The lowest BCUT2D eigenvalue weighted by molar-refractivity contribution is -0.141. The Balaban J connectivity index is 1.08. The molecule has 4 fully saturated rings. The van der Waals surface area contributed by atoms with Crippen LogP contribution in [-0.4, -0.2) is 34.5 Å². The first-order valence-electron chi connectivity index (χ1n) is 9.52. The van der Waals surface area contributed by atoms with Gasteiger partial charge in [0, 0.05) is 28.4 Å². The van der Waals surface area contributed by atoms with E-state index in [4.69, 9.17) is 27.9 Å². The zero-order valence-electron chi connectivity index (χ0n) is 15.5. The van der Waals surface area contributed by atoms with Gasteiger partial charge in [0.05, 0.1) is 15.7 Å². The first kappa shape index (κ1) is 19.2. The summed E-state index contributed by atoms with van der Waals surface area (Å²) in [6, 6.07) is 4.87. The zero-order valence-corrected chi connectivity index (χ0v) is 17.8. The average Bonchev–Trinajstić information content (AvgIpc) is 3.36. The highest BCUT2D eigenvalue weighted by Gasteiger charge is 2.69. The molecular formula is C20H19Cl2N3O3S. The van der Waals surface area contributed by atoms with Crippen LogP contribution in [0.2, 0.25) is 10.0 Å². The summed E-state index contributed by atoms with van der Waals surface area (Å²) >= 11 is 13.2. The Morgan fingerprint density at radius 1 is 1.14 bits per heavy atom. The molecule has 2 bridgehead atoms. The lowest BCUT2D eigenvalue weighted by atomic mass is 9.44. The van der Waals surface area contributed by atoms with E-state index in [0.29, 0.717) is 26.7 Å². The van der Waals surface area contributed by atoms with Gasteiger partial charge in [-0.05, 0) is 44.2 Å². The first-order valence-corrected chi connectivity index (χ1v) is 11.2. The van der Waals surface area contributed by atoms with Crippen LogP contribution in [0.5, 0.6) is 5.75 Å². The van der Waals surface area contributed by atoms with Crippen molar-refractivity contribution >= 4 is 46.4 Å². The lowest BCUT2D eigenvalue weighted by Crippen LogP contribution is -2.84. The van der Waals surface area contributed by atoms with Crippen molar-refractivity contribution in [1.82, 2.24) is 15.6 Å². The van der Waals surface area contributed by atoms with Gasteiger partial charge in [-0.2, -0.15) is 0 Å². The molecule has 9 heteroatoms. The fourth-order valence-electron chi connectivity index (χ4n) is 4.35. The Kier molecular flexibility index (Phi) is 4.53. The van der Waals surface area contributed by atoms with Gasteiger partial charge in [-0.25, -0.2) is 4.98 Å². The molecule has 2 amide bonds. The van der Waals surface area contributed by atoms with Crippen LogP contribution in [0.15, 0.2) is 23.6 Å². The minimum atomic E-state index is -0.229. The normalized spacial score (nSPS) is 26.8. The molecular weight excluding hydrogens is 433 g/mol. The molecule has 29 heavy (non-hydrogen) atoms. The third-order valence-electron chi connectivity index (χ3n) is 5.79. The van der Waals surface area contributed by atoms with E-state index in [-0.39, 0.29) is 29.5 Å². The summed E-state index contributed by atoms with van der Waals surface area (Å²) in [6.45, 7) is -0.0951. The highest BCUT2D eigenvalue weighted by Crippen LogP contribution is 2.60. The summed E-state index contributed by atoms with van der Waals surface area (Å²) in [7, 11) is 0. The third kappa shape index (κ3) is 3.71. The summed E-state index contributed by atoms with van der Waals surface area (Å²) < 4.78 is 5.48. The van der Waals surface area contributed by atoms with E-state index in [9.17, 15) is 9.59 Å². The number of benzene rings is 1. The predicted molar refractivity (Wildman–Crippen MR) is 111 cm³/mol. The van der Waals surface area contributed by atoms with Gasteiger partial charge in [0.1, 0.15) is 5.75 Å². The van der Waals surface area contributed by atoms with Crippen molar-refractivity contribution in [2.75, 3.05) is 6.61 Å². The highest BCUT2D eigenvalue weighted by molar-refractivity contribution is 7.11. The SMILES string of the molecule is O=C(COc1ccc(Cl)c(Cl)c1)NC12CC(NC(=O)c3nc(C4CC4)cs3)(C1)C2. The highest BCUT2D eigenvalue weighted by atomic mass is 35.5. The van der Waals surface area contributed by atoms with E-state index >= 15 is 0 Å². The number of rotatable bonds is 7. The summed E-state index contributed by atoms with van der Waals surface area (Å²) in [4.78, 5) is 29.2. The molecule has 1 aromatic carbocycles. The van der Waals surface area contributed by atoms with E-state index in [1.54, 1.807) is 18.2 Å². The topological polar surface area (TPSA) is 80.3 Å². The van der Waals surface area contributed by atoms with Crippen molar-refractivity contribution in [2.24, 2.45) is 0 Å². The van der Waals surface area contributed by atoms with Gasteiger partial charge in [0.25, 0.3) is 11.8 Å². The van der Waals surface area contributed by atoms with E-state index in [2.05, 4.69) is 15.6 Å². The third-order valence-corrected chi connectivity index (χ3v) is 7.38. The molecule has 6 rings (SSSR count). The molecule has 6 nitrogen and oxygen atoms in total. The van der Waals surface area contributed by atoms with Crippen LogP contribution in [0, 0.1) is 0 Å². The van der Waals surface area contributed by atoms with Crippen LogP contribution in [0.4, 0.5) is 0 Å². The number of hydrogen-bond donors (Lipinski definition) is 2. The molecule has 0 saturated heterocycles. The van der Waals surface area contributed by atoms with Gasteiger partial charge in [0.15, 0.2) is 11.6 Å². The molecule has 0 spiro atoms. The van der Waals surface area contributed by atoms with Crippen molar-refractivity contribution in [2.45, 2.75) is 49.1 Å². The number of nitrogens with one attached hydrogen (secondary N) is 2. The first-order chi connectivity index (χ1) is 13.9. The van der Waals surface area contributed by atoms with Crippen molar-refractivity contribution in [3.63, 3.8) is 0 Å². The number of halogens is 2. The van der Waals surface area contributed by atoms with E-state index < -0.39 is 0 Å². The molecule has 4 saturated carbocycles. The maximum atomic E-state index is 12.5. The van der Waals surface area contributed by atoms with Gasteiger partial charge in [0.2, 0.25) is 0 Å². The van der Waals surface area contributed by atoms with Crippen molar-refractivity contribution in [3.05, 3.63) is 44.3 Å². The number of amides is 2. The maximum absolute atomic E-state index is 12.5. The predicted octanol–water partition coefficient (Wildman–Crippen LogP) is 3.93. The van der Waals surface area contributed by atoms with Crippen LogP contribution in [0.1, 0.15) is 53.5 Å². The number of hydrogen-bond acceptors (Lipinski definition) is 5. The largest absolute Gasteiger partial charge is 0.484 e. The van der Waals surface area contributed by atoms with Gasteiger partial charge >= 0.3 is 0 Å². The van der Waals surface area contributed by atoms with Gasteiger partial charge in [-0.1, -0.05) is 23.2 Å². The standard InChI is InChI=1S/C20H19Cl2N3O3S/c21-13-4-3-12(5-14(13)22)28-6-16(26)24-19-8-20(9-19,10-19)25-17(27)18-23-15(7-29-18)11-1-2-11/h3-5,7,11H,1-2,6,8-10H2,(H,24,26)(H,25,27). The molecule has 4 aliphatic rings. The Morgan fingerprint density at radius 2 is 1.86 bits per heavy atom. The number of ether oxygens (including phenoxy) is 1. The molecule has 0 unspecified atom stereocenters. The molecule has 152 valence electrons. The smallest absolute Gasteiger partial charge is 0.280 e. The minimum Gasteiger partial charge on any atom is -0.484 e. The Morgan fingerprint density at radius 3 is 2.55 bits per heavy atom. The second kappa shape index (κ2) is 6.86.